The molecule has 22 heavy (non-hydrogen) atoms. The minimum atomic E-state index is 0.0888. The van der Waals surface area contributed by atoms with Gasteiger partial charge < -0.3 is 0 Å². The van der Waals surface area contributed by atoms with Crippen molar-refractivity contribution in [3.63, 3.8) is 0 Å². The second-order valence-electron chi connectivity index (χ2n) is 6.89. The van der Waals surface area contributed by atoms with Crippen molar-refractivity contribution in [1.82, 2.24) is 4.98 Å². The van der Waals surface area contributed by atoms with Crippen LogP contribution in [0.1, 0.15) is 37.2 Å². The molecule has 0 radical (unpaired) electrons. The number of aryl methyl sites for hydroxylation is 1. The SMILES string of the molecule is Cc1nc2c(c3c1[se]c1ccccc13)C(=NO)CC(C)(C)C2. The first kappa shape index (κ1) is 14.0. The van der Waals surface area contributed by atoms with Crippen molar-refractivity contribution in [2.45, 2.75) is 33.6 Å². The molecule has 0 aliphatic heterocycles. The molecule has 3 nitrogen and oxygen atoms in total. The number of hydrogen-bond donors (Lipinski definition) is 1. The number of pyridine rings is 1. The van der Waals surface area contributed by atoms with Crippen LogP contribution in [0.5, 0.6) is 0 Å². The van der Waals surface area contributed by atoms with Gasteiger partial charge in [0.15, 0.2) is 0 Å². The fourth-order valence-corrected chi connectivity index (χ4v) is 6.00. The van der Waals surface area contributed by atoms with E-state index in [1.54, 1.807) is 0 Å². The zero-order valence-corrected chi connectivity index (χ0v) is 14.7. The first-order valence-electron chi connectivity index (χ1n) is 7.52. The third-order valence-electron chi connectivity index (χ3n) is 4.47. The predicted octanol–water partition coefficient (Wildman–Crippen LogP) is 3.90. The summed E-state index contributed by atoms with van der Waals surface area (Å²) in [6.07, 6.45) is 1.73. The number of hydrogen-bond acceptors (Lipinski definition) is 3. The van der Waals surface area contributed by atoms with Gasteiger partial charge in [0.25, 0.3) is 0 Å². The van der Waals surface area contributed by atoms with Gasteiger partial charge in [-0.15, -0.1) is 0 Å². The molecule has 2 aromatic heterocycles. The van der Waals surface area contributed by atoms with E-state index in [9.17, 15) is 5.21 Å². The van der Waals surface area contributed by atoms with E-state index < -0.39 is 0 Å². The van der Waals surface area contributed by atoms with Crippen molar-refractivity contribution in [1.29, 1.82) is 0 Å². The van der Waals surface area contributed by atoms with Gasteiger partial charge in [0, 0.05) is 0 Å². The Balaban J connectivity index is 2.19. The van der Waals surface area contributed by atoms with E-state index in [4.69, 9.17) is 4.98 Å². The van der Waals surface area contributed by atoms with E-state index in [1.165, 1.54) is 19.3 Å². The average Bonchev–Trinajstić information content (AvgIpc) is 2.85. The monoisotopic (exact) mass is 358 g/mol. The Labute approximate surface area is 135 Å². The summed E-state index contributed by atoms with van der Waals surface area (Å²) in [6, 6.07) is 8.60. The van der Waals surface area contributed by atoms with Gasteiger partial charge in [-0.3, -0.25) is 0 Å². The normalized spacial score (nSPS) is 19.0. The second kappa shape index (κ2) is 4.68. The van der Waals surface area contributed by atoms with Gasteiger partial charge in [-0.2, -0.15) is 0 Å². The summed E-state index contributed by atoms with van der Waals surface area (Å²) >= 11 is 0.297. The van der Waals surface area contributed by atoms with Crippen LogP contribution in [-0.4, -0.2) is 30.4 Å². The Kier molecular flexibility index (Phi) is 2.97. The number of nitrogens with zero attached hydrogens (tertiary/aromatic N) is 2. The van der Waals surface area contributed by atoms with Crippen LogP contribution in [-0.2, 0) is 6.42 Å². The van der Waals surface area contributed by atoms with Crippen molar-refractivity contribution in [2.75, 3.05) is 0 Å². The summed E-state index contributed by atoms with van der Waals surface area (Å²) in [7, 11) is 0. The standard InChI is InChI=1S/C18H18N2OSe/c1-10-17-15(11-6-4-5-7-14(11)22-17)16-12(19-10)8-18(2,3)9-13(16)20-21/h4-7,21H,8-9H2,1-3H3. The molecule has 0 saturated carbocycles. The molecule has 0 saturated heterocycles. The molecular formula is C18H18N2OSe. The second-order valence-corrected chi connectivity index (χ2v) is 9.09. The summed E-state index contributed by atoms with van der Waals surface area (Å²) < 4.78 is 2.76. The Morgan fingerprint density at radius 3 is 2.77 bits per heavy atom. The molecule has 0 atom stereocenters. The van der Waals surface area contributed by atoms with Crippen molar-refractivity contribution < 1.29 is 5.21 Å². The molecule has 3 aromatic rings. The molecule has 0 amide bonds. The molecule has 1 N–H and O–H groups in total. The molecule has 0 fully saturated rings. The Hall–Kier alpha value is -1.64. The molecule has 112 valence electrons. The van der Waals surface area contributed by atoms with Crippen LogP contribution in [0.15, 0.2) is 29.4 Å². The van der Waals surface area contributed by atoms with Crippen LogP contribution in [0.25, 0.3) is 19.3 Å². The van der Waals surface area contributed by atoms with Crippen LogP contribution in [0.3, 0.4) is 0 Å². The fraction of sp³-hybridized carbons (Fsp3) is 0.333. The first-order valence-corrected chi connectivity index (χ1v) is 9.23. The van der Waals surface area contributed by atoms with E-state index in [2.05, 4.69) is 50.2 Å². The number of oxime groups is 1. The Morgan fingerprint density at radius 2 is 2.00 bits per heavy atom. The van der Waals surface area contributed by atoms with Crippen molar-refractivity contribution >= 4 is 39.5 Å². The molecule has 1 aliphatic rings. The number of benzene rings is 1. The fourth-order valence-electron chi connectivity index (χ4n) is 3.58. The van der Waals surface area contributed by atoms with Crippen LogP contribution < -0.4 is 0 Å². The van der Waals surface area contributed by atoms with Crippen LogP contribution in [0.4, 0.5) is 0 Å². The number of rotatable bonds is 0. The molecule has 1 aliphatic carbocycles. The van der Waals surface area contributed by atoms with Crippen molar-refractivity contribution in [3.8, 4) is 0 Å². The molecular weight excluding hydrogens is 339 g/mol. The number of aromatic nitrogens is 1. The predicted molar refractivity (Wildman–Crippen MR) is 91.4 cm³/mol. The van der Waals surface area contributed by atoms with E-state index >= 15 is 0 Å². The van der Waals surface area contributed by atoms with Gasteiger partial charge in [-0.25, -0.2) is 0 Å². The maximum atomic E-state index is 9.58. The summed E-state index contributed by atoms with van der Waals surface area (Å²) in [4.78, 5) is 4.89. The topological polar surface area (TPSA) is 45.5 Å². The summed E-state index contributed by atoms with van der Waals surface area (Å²) in [5.41, 5.74) is 4.20. The Morgan fingerprint density at radius 1 is 1.23 bits per heavy atom. The van der Waals surface area contributed by atoms with Crippen LogP contribution in [0, 0.1) is 12.3 Å². The van der Waals surface area contributed by atoms with Gasteiger partial charge in [0.1, 0.15) is 0 Å². The zero-order valence-electron chi connectivity index (χ0n) is 13.0. The third kappa shape index (κ3) is 1.94. The average molecular weight is 357 g/mol. The summed E-state index contributed by atoms with van der Waals surface area (Å²) in [5.74, 6) is 0. The number of fused-ring (bicyclic) bond motifs is 5. The van der Waals surface area contributed by atoms with E-state index in [0.717, 1.165) is 35.5 Å². The van der Waals surface area contributed by atoms with E-state index in [-0.39, 0.29) is 5.41 Å². The van der Waals surface area contributed by atoms with E-state index in [1.807, 2.05) is 0 Å². The molecule has 4 heteroatoms. The molecule has 0 spiro atoms. The molecule has 4 rings (SSSR count). The maximum absolute atomic E-state index is 9.58. The van der Waals surface area contributed by atoms with Gasteiger partial charge in [0.2, 0.25) is 0 Å². The van der Waals surface area contributed by atoms with Crippen molar-refractivity contribution in [3.05, 3.63) is 41.2 Å². The van der Waals surface area contributed by atoms with Gasteiger partial charge >= 0.3 is 135 Å². The molecule has 1 aromatic carbocycles. The zero-order chi connectivity index (χ0) is 15.5. The Bertz CT molecular complexity index is 937. The van der Waals surface area contributed by atoms with Crippen LogP contribution in [0.2, 0.25) is 0 Å². The molecule has 2 heterocycles. The summed E-state index contributed by atoms with van der Waals surface area (Å²) in [5, 5.41) is 15.8. The minimum absolute atomic E-state index is 0.0888. The van der Waals surface area contributed by atoms with Gasteiger partial charge in [-0.05, 0) is 0 Å². The van der Waals surface area contributed by atoms with Crippen LogP contribution >= 0.6 is 0 Å². The summed E-state index contributed by atoms with van der Waals surface area (Å²) in [6.45, 7) is 6.54. The third-order valence-corrected chi connectivity index (χ3v) is 7.15. The van der Waals surface area contributed by atoms with Crippen molar-refractivity contribution in [2.24, 2.45) is 10.6 Å². The molecule has 0 unspecified atom stereocenters. The van der Waals surface area contributed by atoms with E-state index in [0.29, 0.717) is 14.5 Å². The van der Waals surface area contributed by atoms with Gasteiger partial charge in [0.05, 0.1) is 0 Å². The molecule has 0 bridgehead atoms. The van der Waals surface area contributed by atoms with Gasteiger partial charge in [-0.1, -0.05) is 0 Å². The quantitative estimate of drug-likeness (QED) is 0.377. The first-order chi connectivity index (χ1) is 10.5.